The van der Waals surface area contributed by atoms with Gasteiger partial charge in [0, 0.05) is 19.3 Å². The molecule has 0 bridgehead atoms. The molecule has 0 saturated carbocycles. The largest absolute Gasteiger partial charge is 0.481 e. The summed E-state index contributed by atoms with van der Waals surface area (Å²) < 4.78 is 0. The number of carboxylic acids is 4. The summed E-state index contributed by atoms with van der Waals surface area (Å²) in [6, 6.07) is -2.04. The fraction of sp³-hybridized carbons (Fsp3) is 0.643. The Hall–Kier alpha value is -2.77. The van der Waals surface area contributed by atoms with E-state index in [1.54, 1.807) is 0 Å². The van der Waals surface area contributed by atoms with Crippen LogP contribution < -0.4 is 22.9 Å². The van der Waals surface area contributed by atoms with Gasteiger partial charge in [-0.1, -0.05) is 0 Å². The topological polar surface area (TPSA) is 270 Å². The van der Waals surface area contributed by atoms with Crippen molar-refractivity contribution in [3.05, 3.63) is 0 Å². The van der Waals surface area contributed by atoms with Crippen LogP contribution in [0.1, 0.15) is 38.5 Å². The highest BCUT2D eigenvalue weighted by molar-refractivity contribution is 5.77. The molecule has 13 nitrogen and oxygen atoms in total. The van der Waals surface area contributed by atoms with Crippen LogP contribution in [0.3, 0.4) is 0 Å². The minimum Gasteiger partial charge on any atom is -0.481 e. The molecule has 0 aliphatic carbocycles. The Bertz CT molecular complexity index is 451. The van der Waals surface area contributed by atoms with Gasteiger partial charge in [0.2, 0.25) is 5.91 Å². The summed E-state index contributed by atoms with van der Waals surface area (Å²) >= 11 is 0. The molecule has 0 aromatic heterocycles. The lowest BCUT2D eigenvalue weighted by molar-refractivity contribution is -0.141. The molecular weight excluding hydrogens is 368 g/mol. The van der Waals surface area contributed by atoms with Crippen LogP contribution in [0.15, 0.2) is 0 Å². The fourth-order valence-electron chi connectivity index (χ4n) is 1.08. The predicted octanol–water partition coefficient (Wildman–Crippen LogP) is -2.26. The quantitative estimate of drug-likeness (QED) is 0.184. The van der Waals surface area contributed by atoms with Crippen LogP contribution in [0.25, 0.3) is 0 Å². The minimum absolute atomic E-state index is 0.0213. The highest BCUT2D eigenvalue weighted by atomic mass is 16.4. The van der Waals surface area contributed by atoms with E-state index in [0.29, 0.717) is 13.0 Å². The number of amides is 1. The second-order valence-corrected chi connectivity index (χ2v) is 5.11. The maximum atomic E-state index is 10.1. The van der Waals surface area contributed by atoms with Gasteiger partial charge in [-0.3, -0.25) is 24.0 Å². The van der Waals surface area contributed by atoms with E-state index in [9.17, 15) is 24.0 Å². The summed E-state index contributed by atoms with van der Waals surface area (Å²) in [7, 11) is 0. The van der Waals surface area contributed by atoms with Gasteiger partial charge in [-0.05, 0) is 25.8 Å². The van der Waals surface area contributed by atoms with Crippen LogP contribution in [-0.2, 0) is 24.0 Å². The summed E-state index contributed by atoms with van der Waals surface area (Å²) in [6.45, 7) is 0.465. The van der Waals surface area contributed by atoms with Gasteiger partial charge < -0.3 is 43.4 Å². The third-order valence-corrected chi connectivity index (χ3v) is 2.60. The van der Waals surface area contributed by atoms with Gasteiger partial charge in [-0.2, -0.15) is 0 Å². The molecule has 27 heavy (non-hydrogen) atoms. The van der Waals surface area contributed by atoms with Crippen molar-refractivity contribution < 1.29 is 44.4 Å². The van der Waals surface area contributed by atoms with Gasteiger partial charge in [0.1, 0.15) is 12.1 Å². The van der Waals surface area contributed by atoms with Gasteiger partial charge in [0.15, 0.2) is 0 Å². The SMILES string of the molecule is NC(=O)CC[C@H](N)C(=O)O.NCCCC(=O)O.N[C@@H](CCC(=O)O)C(=O)O. The van der Waals surface area contributed by atoms with Crippen LogP contribution in [-0.4, -0.2) is 68.8 Å². The number of primary amides is 1. The number of hydrogen-bond acceptors (Lipinski definition) is 8. The Balaban J connectivity index is -0.000000326. The van der Waals surface area contributed by atoms with Gasteiger partial charge in [-0.25, -0.2) is 0 Å². The normalized spacial score (nSPS) is 11.5. The fourth-order valence-corrected chi connectivity index (χ4v) is 1.08. The van der Waals surface area contributed by atoms with Crippen molar-refractivity contribution >= 4 is 29.8 Å². The molecule has 0 aromatic rings. The van der Waals surface area contributed by atoms with Crippen molar-refractivity contribution in [3.8, 4) is 0 Å². The summed E-state index contributed by atoms with van der Waals surface area (Å²) in [4.78, 5) is 49.7. The number of hydrogen-bond donors (Lipinski definition) is 8. The molecular formula is C14H28N4O9. The molecule has 0 aliphatic rings. The second-order valence-electron chi connectivity index (χ2n) is 5.11. The van der Waals surface area contributed by atoms with E-state index in [-0.39, 0.29) is 32.1 Å². The van der Waals surface area contributed by atoms with Crippen molar-refractivity contribution in [2.75, 3.05) is 6.54 Å². The van der Waals surface area contributed by atoms with Crippen molar-refractivity contribution in [1.29, 1.82) is 0 Å². The Morgan fingerprint density at radius 2 is 1.07 bits per heavy atom. The van der Waals surface area contributed by atoms with Crippen LogP contribution in [0.2, 0.25) is 0 Å². The number of carboxylic acid groups (broad SMARTS) is 4. The van der Waals surface area contributed by atoms with E-state index in [1.165, 1.54) is 0 Å². The first kappa shape index (κ1) is 29.0. The van der Waals surface area contributed by atoms with Gasteiger partial charge >= 0.3 is 23.9 Å². The molecule has 0 unspecified atom stereocenters. The summed E-state index contributed by atoms with van der Waals surface area (Å²) in [5.74, 6) is -4.61. The summed E-state index contributed by atoms with van der Waals surface area (Å²) in [5.41, 5.74) is 19.8. The lowest BCUT2D eigenvalue weighted by Gasteiger charge is -2.01. The van der Waals surface area contributed by atoms with Gasteiger partial charge in [0.25, 0.3) is 0 Å². The standard InChI is InChI=1S/C5H10N2O3.C5H9NO4.C4H9NO2/c2*6-3(5(9)10)1-2-4(7)8;5-3-1-2-4(6)7/h3H,1-2,6H2,(H2,7,8)(H,9,10);3H,1-2,6H2,(H,7,8)(H,9,10);1-3,5H2,(H,6,7)/t2*3-;/m00./s1. The van der Waals surface area contributed by atoms with Crippen LogP contribution in [0.4, 0.5) is 0 Å². The lowest BCUT2D eigenvalue weighted by atomic mass is 10.2. The van der Waals surface area contributed by atoms with Gasteiger partial charge in [-0.15, -0.1) is 0 Å². The first-order valence-corrected chi connectivity index (χ1v) is 7.73. The number of carbonyl (C=O) groups excluding carboxylic acids is 1. The zero-order chi connectivity index (χ0) is 22.0. The molecule has 0 spiro atoms. The number of carbonyl (C=O) groups is 5. The zero-order valence-electron chi connectivity index (χ0n) is 14.7. The van der Waals surface area contributed by atoms with Crippen molar-refractivity contribution in [2.45, 2.75) is 50.6 Å². The van der Waals surface area contributed by atoms with Crippen molar-refractivity contribution in [2.24, 2.45) is 22.9 Å². The third kappa shape index (κ3) is 28.3. The molecule has 0 heterocycles. The average Bonchev–Trinajstić information content (AvgIpc) is 2.56. The maximum Gasteiger partial charge on any atom is 0.320 e. The Labute approximate surface area is 155 Å². The van der Waals surface area contributed by atoms with E-state index in [4.69, 9.17) is 43.4 Å². The molecule has 0 aliphatic heterocycles. The van der Waals surface area contributed by atoms with E-state index >= 15 is 0 Å². The Morgan fingerprint density at radius 3 is 1.30 bits per heavy atom. The predicted molar refractivity (Wildman–Crippen MR) is 92.4 cm³/mol. The molecule has 0 rings (SSSR count). The molecule has 13 heteroatoms. The molecule has 0 saturated heterocycles. The monoisotopic (exact) mass is 396 g/mol. The molecule has 1 amide bonds. The van der Waals surface area contributed by atoms with Crippen LogP contribution in [0, 0.1) is 0 Å². The maximum absolute atomic E-state index is 10.1. The zero-order valence-corrected chi connectivity index (χ0v) is 14.7. The number of rotatable bonds is 11. The number of aliphatic carboxylic acids is 4. The Morgan fingerprint density at radius 1 is 0.704 bits per heavy atom. The molecule has 0 fully saturated rings. The van der Waals surface area contributed by atoms with Crippen LogP contribution >= 0.6 is 0 Å². The minimum atomic E-state index is -1.17. The van der Waals surface area contributed by atoms with Crippen LogP contribution in [0.5, 0.6) is 0 Å². The number of nitrogens with two attached hydrogens (primary N) is 4. The highest BCUT2D eigenvalue weighted by Crippen LogP contribution is 1.93. The highest BCUT2D eigenvalue weighted by Gasteiger charge is 2.12. The van der Waals surface area contributed by atoms with E-state index < -0.39 is 41.9 Å². The Kier molecular flexibility index (Phi) is 19.4. The van der Waals surface area contributed by atoms with E-state index in [1.807, 2.05) is 0 Å². The lowest BCUT2D eigenvalue weighted by Crippen LogP contribution is -2.31. The first-order valence-electron chi connectivity index (χ1n) is 7.73. The molecule has 12 N–H and O–H groups in total. The van der Waals surface area contributed by atoms with E-state index in [2.05, 4.69) is 0 Å². The molecule has 2 atom stereocenters. The average molecular weight is 396 g/mol. The van der Waals surface area contributed by atoms with Gasteiger partial charge in [0.05, 0.1) is 0 Å². The molecule has 0 aromatic carbocycles. The summed E-state index contributed by atoms with van der Waals surface area (Å²) in [6.07, 6.45) is 0.669. The summed E-state index contributed by atoms with van der Waals surface area (Å²) in [5, 5.41) is 32.5. The second kappa shape index (κ2) is 18.0. The van der Waals surface area contributed by atoms with Crippen molar-refractivity contribution in [3.63, 3.8) is 0 Å². The smallest absolute Gasteiger partial charge is 0.320 e. The van der Waals surface area contributed by atoms with Crippen molar-refractivity contribution in [1.82, 2.24) is 0 Å². The molecule has 0 radical (unpaired) electrons. The van der Waals surface area contributed by atoms with E-state index in [0.717, 1.165) is 0 Å². The third-order valence-electron chi connectivity index (χ3n) is 2.60. The molecule has 158 valence electrons. The first-order chi connectivity index (χ1) is 12.3.